The summed E-state index contributed by atoms with van der Waals surface area (Å²) in [4.78, 5) is 10.5. The van der Waals surface area contributed by atoms with Crippen LogP contribution in [0.3, 0.4) is 0 Å². The van der Waals surface area contributed by atoms with Gasteiger partial charge in [-0.05, 0) is 12.1 Å². The lowest BCUT2D eigenvalue weighted by atomic mass is 10.2. The second-order valence-electron chi connectivity index (χ2n) is 3.98. The van der Waals surface area contributed by atoms with Gasteiger partial charge in [-0.25, -0.2) is 0 Å². The summed E-state index contributed by atoms with van der Waals surface area (Å²) >= 11 is 7.23. The Hall–Kier alpha value is -1.64. The van der Waals surface area contributed by atoms with Crippen LogP contribution in [0.4, 0.5) is 5.69 Å². The Morgan fingerprint density at radius 3 is 2.85 bits per heavy atom. The third-order valence-electron chi connectivity index (χ3n) is 2.70. The Labute approximate surface area is 124 Å². The predicted octanol–water partition coefficient (Wildman–Crippen LogP) is 2.13. The van der Waals surface area contributed by atoms with Gasteiger partial charge in [0.2, 0.25) is 0 Å². The zero-order valence-electron chi connectivity index (χ0n) is 10.6. The van der Waals surface area contributed by atoms with Crippen molar-refractivity contribution in [2.75, 3.05) is 0 Å². The van der Waals surface area contributed by atoms with Gasteiger partial charge in [0.05, 0.1) is 11.5 Å². The van der Waals surface area contributed by atoms with Crippen molar-refractivity contribution in [3.63, 3.8) is 0 Å². The first-order chi connectivity index (χ1) is 9.52. The highest BCUT2D eigenvalue weighted by Crippen LogP contribution is 2.29. The van der Waals surface area contributed by atoms with Gasteiger partial charge >= 0.3 is 0 Å². The van der Waals surface area contributed by atoms with Gasteiger partial charge in [0.1, 0.15) is 5.82 Å². The van der Waals surface area contributed by atoms with Crippen LogP contribution >= 0.6 is 23.4 Å². The maximum atomic E-state index is 11.0. The molecule has 0 amide bonds. The fourth-order valence-electron chi connectivity index (χ4n) is 1.64. The Kier molecular flexibility index (Phi) is 4.58. The number of benzene rings is 1. The van der Waals surface area contributed by atoms with Gasteiger partial charge in [0.15, 0.2) is 5.16 Å². The minimum absolute atomic E-state index is 0.0446. The first-order valence-corrected chi connectivity index (χ1v) is 7.03. The molecule has 0 radical (unpaired) electrons. The lowest BCUT2D eigenvalue weighted by Gasteiger charge is -2.04. The van der Waals surface area contributed by atoms with Crippen LogP contribution in [0.2, 0.25) is 5.02 Å². The fourth-order valence-corrected chi connectivity index (χ4v) is 2.75. The minimum Gasteiger partial charge on any atom is -0.324 e. The van der Waals surface area contributed by atoms with Gasteiger partial charge < -0.3 is 10.3 Å². The van der Waals surface area contributed by atoms with Crippen molar-refractivity contribution in [2.45, 2.75) is 17.5 Å². The molecule has 0 aliphatic heterocycles. The Morgan fingerprint density at radius 1 is 1.50 bits per heavy atom. The number of nitrogens with two attached hydrogens (primary N) is 1. The van der Waals surface area contributed by atoms with Gasteiger partial charge in [-0.15, -0.1) is 10.2 Å². The van der Waals surface area contributed by atoms with Crippen LogP contribution in [0.25, 0.3) is 0 Å². The van der Waals surface area contributed by atoms with Crippen molar-refractivity contribution in [1.29, 1.82) is 0 Å². The molecular formula is C11H12ClN5O2S. The van der Waals surface area contributed by atoms with Gasteiger partial charge in [0.25, 0.3) is 5.69 Å². The molecule has 1 aromatic carbocycles. The quantitative estimate of drug-likeness (QED) is 0.515. The van der Waals surface area contributed by atoms with Crippen LogP contribution in [0, 0.1) is 10.1 Å². The first-order valence-electron chi connectivity index (χ1n) is 5.67. The van der Waals surface area contributed by atoms with E-state index in [1.54, 1.807) is 17.7 Å². The van der Waals surface area contributed by atoms with Gasteiger partial charge in [-0.2, -0.15) is 0 Å². The highest BCUT2D eigenvalue weighted by atomic mass is 35.5. The molecule has 0 atom stereocenters. The molecule has 20 heavy (non-hydrogen) atoms. The van der Waals surface area contributed by atoms with Crippen LogP contribution in [0.5, 0.6) is 0 Å². The minimum atomic E-state index is -0.422. The number of halogens is 1. The average molecular weight is 314 g/mol. The Bertz CT molecular complexity index is 646. The predicted molar refractivity (Wildman–Crippen MR) is 76.6 cm³/mol. The number of hydrogen-bond donors (Lipinski definition) is 1. The normalized spacial score (nSPS) is 10.8. The molecule has 0 saturated heterocycles. The molecule has 7 nitrogen and oxygen atoms in total. The van der Waals surface area contributed by atoms with Crippen molar-refractivity contribution < 1.29 is 4.92 Å². The molecule has 2 rings (SSSR count). The van der Waals surface area contributed by atoms with Crippen molar-refractivity contribution in [3.05, 3.63) is 44.7 Å². The van der Waals surface area contributed by atoms with E-state index < -0.39 is 4.92 Å². The molecule has 0 saturated carbocycles. The number of rotatable bonds is 5. The number of nitro benzene ring substituents is 1. The van der Waals surface area contributed by atoms with Crippen LogP contribution in [-0.4, -0.2) is 19.7 Å². The Morgan fingerprint density at radius 2 is 2.25 bits per heavy atom. The summed E-state index contributed by atoms with van der Waals surface area (Å²) in [6.07, 6.45) is 0. The van der Waals surface area contributed by atoms with E-state index in [1.165, 1.54) is 23.9 Å². The zero-order valence-corrected chi connectivity index (χ0v) is 12.2. The molecule has 106 valence electrons. The highest BCUT2D eigenvalue weighted by molar-refractivity contribution is 7.98. The van der Waals surface area contributed by atoms with Gasteiger partial charge in [-0.1, -0.05) is 23.4 Å². The summed E-state index contributed by atoms with van der Waals surface area (Å²) in [5.74, 6) is 1.04. The van der Waals surface area contributed by atoms with Crippen molar-refractivity contribution in [3.8, 4) is 0 Å². The zero-order chi connectivity index (χ0) is 14.7. The van der Waals surface area contributed by atoms with E-state index in [4.69, 9.17) is 17.3 Å². The third-order valence-corrected chi connectivity index (χ3v) is 4.01. The largest absolute Gasteiger partial charge is 0.324 e. The maximum absolute atomic E-state index is 11.0. The highest BCUT2D eigenvalue weighted by Gasteiger charge is 2.16. The van der Waals surface area contributed by atoms with Crippen LogP contribution in [0.1, 0.15) is 11.4 Å². The summed E-state index contributed by atoms with van der Waals surface area (Å²) in [6.45, 7) is 0.293. The molecule has 0 aliphatic carbocycles. The van der Waals surface area contributed by atoms with E-state index >= 15 is 0 Å². The second-order valence-corrected chi connectivity index (χ2v) is 5.36. The summed E-state index contributed by atoms with van der Waals surface area (Å²) in [5, 5.41) is 20.0. The van der Waals surface area contributed by atoms with Crippen molar-refractivity contribution in [2.24, 2.45) is 12.8 Å². The maximum Gasteiger partial charge on any atom is 0.273 e. The number of hydrogen-bond acceptors (Lipinski definition) is 6. The van der Waals surface area contributed by atoms with Crippen LogP contribution in [-0.2, 0) is 19.3 Å². The topological polar surface area (TPSA) is 99.9 Å². The smallest absolute Gasteiger partial charge is 0.273 e. The van der Waals surface area contributed by atoms with E-state index in [0.29, 0.717) is 33.9 Å². The molecule has 9 heteroatoms. The van der Waals surface area contributed by atoms with E-state index in [-0.39, 0.29) is 5.69 Å². The Balaban J connectivity index is 2.20. The number of nitro groups is 1. The molecule has 0 bridgehead atoms. The lowest BCUT2D eigenvalue weighted by Crippen LogP contribution is -2.05. The van der Waals surface area contributed by atoms with E-state index in [2.05, 4.69) is 10.2 Å². The summed E-state index contributed by atoms with van der Waals surface area (Å²) < 4.78 is 1.76. The first kappa shape index (κ1) is 14.8. The van der Waals surface area contributed by atoms with E-state index in [1.807, 2.05) is 0 Å². The molecule has 2 N–H and O–H groups in total. The number of nitrogens with zero attached hydrogens (tertiary/aromatic N) is 4. The van der Waals surface area contributed by atoms with E-state index in [9.17, 15) is 10.1 Å². The molecule has 1 heterocycles. The SMILES string of the molecule is Cn1c(CN)nnc1SCc1cc(Cl)ccc1[N+](=O)[O-]. The summed E-state index contributed by atoms with van der Waals surface area (Å²) in [6, 6.07) is 4.50. The molecule has 0 aliphatic rings. The standard InChI is InChI=1S/C11H12ClN5O2S/c1-16-10(5-13)14-15-11(16)20-6-7-4-8(12)2-3-9(7)17(18)19/h2-4H,5-6,13H2,1H3. The van der Waals surface area contributed by atoms with Gasteiger partial charge in [0, 0.05) is 29.5 Å². The second kappa shape index (κ2) is 6.21. The van der Waals surface area contributed by atoms with Crippen molar-refractivity contribution in [1.82, 2.24) is 14.8 Å². The third kappa shape index (κ3) is 3.09. The summed E-state index contributed by atoms with van der Waals surface area (Å²) in [7, 11) is 1.80. The molecule has 0 fully saturated rings. The molecule has 1 aromatic heterocycles. The molecular weight excluding hydrogens is 302 g/mol. The monoisotopic (exact) mass is 313 g/mol. The lowest BCUT2D eigenvalue weighted by molar-refractivity contribution is -0.385. The van der Waals surface area contributed by atoms with Crippen LogP contribution in [0.15, 0.2) is 23.4 Å². The van der Waals surface area contributed by atoms with E-state index in [0.717, 1.165) is 0 Å². The van der Waals surface area contributed by atoms with Crippen LogP contribution < -0.4 is 5.73 Å². The number of thioether (sulfide) groups is 1. The van der Waals surface area contributed by atoms with Crippen molar-refractivity contribution >= 4 is 29.1 Å². The molecule has 0 unspecified atom stereocenters. The molecule has 0 spiro atoms. The summed E-state index contributed by atoms with van der Waals surface area (Å²) in [5.41, 5.74) is 6.11. The molecule has 2 aromatic rings. The number of aromatic nitrogens is 3. The van der Waals surface area contributed by atoms with Gasteiger partial charge in [-0.3, -0.25) is 10.1 Å². The fraction of sp³-hybridized carbons (Fsp3) is 0.273. The average Bonchev–Trinajstić information content (AvgIpc) is 2.76.